The Labute approximate surface area is 181 Å². The standard InChI is InChI=1S/C22H40N4O4/c1-6-23-19(24-15-22(28-5)9-11-29-12-10-22)25-16-13-17-7-8-18(14-16)26(17)20(27)30-21(2,3)4/h16-18H,6-15H2,1-5H3,(H2,23,24,25). The van der Waals surface area contributed by atoms with Gasteiger partial charge in [0.05, 0.1) is 12.1 Å². The lowest BCUT2D eigenvalue weighted by Crippen LogP contribution is -2.55. The van der Waals surface area contributed by atoms with Gasteiger partial charge in [-0.1, -0.05) is 0 Å². The van der Waals surface area contributed by atoms with Crippen molar-refractivity contribution in [1.82, 2.24) is 15.5 Å². The van der Waals surface area contributed by atoms with Crippen molar-refractivity contribution >= 4 is 12.1 Å². The van der Waals surface area contributed by atoms with E-state index in [0.717, 1.165) is 64.2 Å². The molecular formula is C22H40N4O4. The largest absolute Gasteiger partial charge is 0.444 e. The number of carbonyl (C=O) groups is 1. The van der Waals surface area contributed by atoms with Gasteiger partial charge in [0.1, 0.15) is 5.60 Å². The molecule has 8 nitrogen and oxygen atoms in total. The Morgan fingerprint density at radius 2 is 1.83 bits per heavy atom. The molecule has 3 rings (SSSR count). The van der Waals surface area contributed by atoms with Gasteiger partial charge in [0.15, 0.2) is 5.96 Å². The smallest absolute Gasteiger partial charge is 0.410 e. The molecule has 3 aliphatic rings. The first-order chi connectivity index (χ1) is 14.3. The highest BCUT2D eigenvalue weighted by atomic mass is 16.6. The molecule has 0 aromatic rings. The number of rotatable bonds is 5. The van der Waals surface area contributed by atoms with Crippen LogP contribution in [0.25, 0.3) is 0 Å². The predicted molar refractivity (Wildman–Crippen MR) is 117 cm³/mol. The Hall–Kier alpha value is -1.54. The summed E-state index contributed by atoms with van der Waals surface area (Å²) in [4.78, 5) is 19.5. The number of methoxy groups -OCH3 is 1. The van der Waals surface area contributed by atoms with Crippen LogP contribution in [0.1, 0.15) is 66.2 Å². The number of hydrogen-bond acceptors (Lipinski definition) is 5. The zero-order valence-corrected chi connectivity index (χ0v) is 19.3. The van der Waals surface area contributed by atoms with Gasteiger partial charge >= 0.3 is 6.09 Å². The van der Waals surface area contributed by atoms with E-state index in [1.165, 1.54) is 0 Å². The van der Waals surface area contributed by atoms with Crippen molar-refractivity contribution in [3.8, 4) is 0 Å². The first-order valence-corrected chi connectivity index (χ1v) is 11.4. The van der Waals surface area contributed by atoms with Crippen LogP contribution in [0.2, 0.25) is 0 Å². The average Bonchev–Trinajstić information content (AvgIpc) is 2.97. The third kappa shape index (κ3) is 5.78. The quantitative estimate of drug-likeness (QED) is 0.521. The van der Waals surface area contributed by atoms with Crippen molar-refractivity contribution in [3.63, 3.8) is 0 Å². The Kier molecular flexibility index (Phi) is 7.50. The van der Waals surface area contributed by atoms with Crippen LogP contribution in [-0.4, -0.2) is 79.7 Å². The highest BCUT2D eigenvalue weighted by Crippen LogP contribution is 2.36. The van der Waals surface area contributed by atoms with Crippen LogP contribution in [0, 0.1) is 0 Å². The summed E-state index contributed by atoms with van der Waals surface area (Å²) in [5.41, 5.74) is -0.697. The molecule has 30 heavy (non-hydrogen) atoms. The van der Waals surface area contributed by atoms with Crippen LogP contribution in [0.5, 0.6) is 0 Å². The highest BCUT2D eigenvalue weighted by molar-refractivity contribution is 5.80. The summed E-state index contributed by atoms with van der Waals surface area (Å²) >= 11 is 0. The van der Waals surface area contributed by atoms with Gasteiger partial charge < -0.3 is 29.7 Å². The summed E-state index contributed by atoms with van der Waals surface area (Å²) in [6, 6.07) is 0.770. The Bertz CT molecular complexity index is 599. The lowest BCUT2D eigenvalue weighted by molar-refractivity contribution is -0.0829. The molecule has 2 atom stereocenters. The number of guanidine groups is 1. The molecule has 3 saturated heterocycles. The number of nitrogens with one attached hydrogen (secondary N) is 2. The summed E-state index contributed by atoms with van der Waals surface area (Å²) in [5, 5.41) is 6.99. The van der Waals surface area contributed by atoms with Gasteiger partial charge in [0, 0.05) is 57.8 Å². The van der Waals surface area contributed by atoms with E-state index in [0.29, 0.717) is 12.6 Å². The van der Waals surface area contributed by atoms with Gasteiger partial charge in [0.25, 0.3) is 0 Å². The first-order valence-electron chi connectivity index (χ1n) is 11.4. The molecular weight excluding hydrogens is 384 g/mol. The van der Waals surface area contributed by atoms with Crippen LogP contribution >= 0.6 is 0 Å². The average molecular weight is 425 g/mol. The number of piperidine rings is 1. The number of ether oxygens (including phenoxy) is 3. The van der Waals surface area contributed by atoms with Crippen molar-refractivity contribution < 1.29 is 19.0 Å². The molecule has 3 heterocycles. The molecule has 2 unspecified atom stereocenters. The number of amides is 1. The topological polar surface area (TPSA) is 84.4 Å². The molecule has 3 fully saturated rings. The fourth-order valence-corrected chi connectivity index (χ4v) is 4.81. The molecule has 3 aliphatic heterocycles. The number of hydrogen-bond donors (Lipinski definition) is 2. The van der Waals surface area contributed by atoms with Gasteiger partial charge in [-0.15, -0.1) is 0 Å². The van der Waals surface area contributed by atoms with E-state index in [4.69, 9.17) is 19.2 Å². The van der Waals surface area contributed by atoms with Gasteiger partial charge in [-0.25, -0.2) is 4.79 Å². The molecule has 2 bridgehead atoms. The fraction of sp³-hybridized carbons (Fsp3) is 0.909. The first kappa shape index (κ1) is 23.1. The summed E-state index contributed by atoms with van der Waals surface area (Å²) in [6.45, 7) is 10.7. The van der Waals surface area contributed by atoms with Crippen LogP contribution in [0.15, 0.2) is 4.99 Å². The third-order valence-electron chi connectivity index (χ3n) is 6.38. The zero-order valence-electron chi connectivity index (χ0n) is 19.3. The van der Waals surface area contributed by atoms with Gasteiger partial charge in [-0.05, 0) is 53.4 Å². The molecule has 0 spiro atoms. The minimum Gasteiger partial charge on any atom is -0.444 e. The second-order valence-corrected chi connectivity index (χ2v) is 9.78. The minimum absolute atomic E-state index is 0.171. The van der Waals surface area contributed by atoms with E-state index in [9.17, 15) is 4.79 Å². The van der Waals surface area contributed by atoms with E-state index in [1.54, 1.807) is 7.11 Å². The lowest BCUT2D eigenvalue weighted by atomic mass is 9.94. The van der Waals surface area contributed by atoms with E-state index in [1.807, 2.05) is 25.7 Å². The maximum Gasteiger partial charge on any atom is 0.410 e. The molecule has 2 N–H and O–H groups in total. The summed E-state index contributed by atoms with van der Waals surface area (Å²) < 4.78 is 17.0. The lowest BCUT2D eigenvalue weighted by Gasteiger charge is -2.40. The normalized spacial score (nSPS) is 28.9. The molecule has 0 saturated carbocycles. The second kappa shape index (κ2) is 9.73. The maximum atomic E-state index is 12.7. The van der Waals surface area contributed by atoms with Crippen molar-refractivity contribution in [3.05, 3.63) is 0 Å². The van der Waals surface area contributed by atoms with E-state index in [2.05, 4.69) is 17.6 Å². The van der Waals surface area contributed by atoms with Gasteiger partial charge in [-0.2, -0.15) is 0 Å². The number of nitrogens with zero attached hydrogens (tertiary/aromatic N) is 2. The number of carbonyl (C=O) groups excluding carboxylic acids is 1. The number of aliphatic imine (C=N–C) groups is 1. The monoisotopic (exact) mass is 424 g/mol. The summed E-state index contributed by atoms with van der Waals surface area (Å²) in [7, 11) is 1.77. The molecule has 8 heteroatoms. The van der Waals surface area contributed by atoms with Crippen LogP contribution in [0.4, 0.5) is 4.79 Å². The van der Waals surface area contributed by atoms with Crippen LogP contribution < -0.4 is 10.6 Å². The molecule has 1 amide bonds. The van der Waals surface area contributed by atoms with Gasteiger partial charge in [0.2, 0.25) is 0 Å². The Balaban J connectivity index is 1.60. The SMILES string of the molecule is CCNC(=NCC1(OC)CCOCC1)NC1CC2CCC(C1)N2C(=O)OC(C)(C)C. The van der Waals surface area contributed by atoms with E-state index >= 15 is 0 Å². The molecule has 172 valence electrons. The fourth-order valence-electron chi connectivity index (χ4n) is 4.81. The second-order valence-electron chi connectivity index (χ2n) is 9.78. The van der Waals surface area contributed by atoms with Crippen LogP contribution in [0.3, 0.4) is 0 Å². The molecule has 0 radical (unpaired) electrons. The molecule has 0 aromatic heterocycles. The van der Waals surface area contributed by atoms with Crippen molar-refractivity contribution in [2.24, 2.45) is 4.99 Å². The van der Waals surface area contributed by atoms with E-state index in [-0.39, 0.29) is 23.8 Å². The van der Waals surface area contributed by atoms with E-state index < -0.39 is 5.60 Å². The minimum atomic E-state index is -0.460. The Morgan fingerprint density at radius 1 is 1.20 bits per heavy atom. The van der Waals surface area contributed by atoms with Crippen LogP contribution in [-0.2, 0) is 14.2 Å². The van der Waals surface area contributed by atoms with Crippen molar-refractivity contribution in [2.45, 2.75) is 95.5 Å². The predicted octanol–water partition coefficient (Wildman–Crippen LogP) is 2.67. The molecule has 0 aliphatic carbocycles. The summed E-state index contributed by atoms with van der Waals surface area (Å²) in [5.74, 6) is 0.829. The number of fused-ring (bicyclic) bond motifs is 2. The zero-order chi connectivity index (χ0) is 21.8. The van der Waals surface area contributed by atoms with Gasteiger partial charge in [-0.3, -0.25) is 4.99 Å². The Morgan fingerprint density at radius 3 is 2.37 bits per heavy atom. The van der Waals surface area contributed by atoms with Crippen molar-refractivity contribution in [1.29, 1.82) is 0 Å². The maximum absolute atomic E-state index is 12.7. The van der Waals surface area contributed by atoms with Crippen molar-refractivity contribution in [2.75, 3.05) is 33.4 Å². The molecule has 0 aromatic carbocycles. The summed E-state index contributed by atoms with van der Waals surface area (Å²) in [6.07, 6.45) is 5.49. The third-order valence-corrected chi connectivity index (χ3v) is 6.38. The highest BCUT2D eigenvalue weighted by Gasteiger charge is 2.45.